The third-order valence-electron chi connectivity index (χ3n) is 1.47. The first-order chi connectivity index (χ1) is 6.14. The SMILES string of the molecule is C=C=CS(=O)(=O)Cc1ccccc1. The molecule has 68 valence electrons. The lowest BCUT2D eigenvalue weighted by molar-refractivity contribution is 0.604. The van der Waals surface area contributed by atoms with E-state index in [2.05, 4.69) is 12.3 Å². The van der Waals surface area contributed by atoms with Crippen molar-refractivity contribution in [3.05, 3.63) is 53.6 Å². The largest absolute Gasteiger partial charge is 0.223 e. The fraction of sp³-hybridized carbons (Fsp3) is 0.100. The van der Waals surface area contributed by atoms with Gasteiger partial charge in [-0.2, -0.15) is 0 Å². The summed E-state index contributed by atoms with van der Waals surface area (Å²) < 4.78 is 22.5. The smallest absolute Gasteiger partial charge is 0.182 e. The van der Waals surface area contributed by atoms with Gasteiger partial charge < -0.3 is 0 Å². The third-order valence-corrected chi connectivity index (χ3v) is 2.74. The zero-order valence-corrected chi connectivity index (χ0v) is 7.92. The van der Waals surface area contributed by atoms with Crippen LogP contribution in [-0.4, -0.2) is 8.42 Å². The highest BCUT2D eigenvalue weighted by atomic mass is 32.2. The van der Waals surface area contributed by atoms with E-state index in [9.17, 15) is 8.42 Å². The van der Waals surface area contributed by atoms with Crippen LogP contribution in [0.15, 0.2) is 48.1 Å². The molecule has 13 heavy (non-hydrogen) atoms. The minimum absolute atomic E-state index is 0.0103. The number of rotatable bonds is 3. The summed E-state index contributed by atoms with van der Waals surface area (Å²) in [4.78, 5) is 0. The highest BCUT2D eigenvalue weighted by Gasteiger charge is 2.05. The van der Waals surface area contributed by atoms with E-state index in [1.807, 2.05) is 18.2 Å². The number of hydrogen-bond donors (Lipinski definition) is 0. The predicted molar refractivity (Wildman–Crippen MR) is 52.8 cm³/mol. The minimum Gasteiger partial charge on any atom is -0.223 e. The van der Waals surface area contributed by atoms with Crippen molar-refractivity contribution in [3.63, 3.8) is 0 Å². The fourth-order valence-electron chi connectivity index (χ4n) is 0.975. The van der Waals surface area contributed by atoms with Gasteiger partial charge in [0.2, 0.25) is 0 Å². The molecule has 0 saturated carbocycles. The van der Waals surface area contributed by atoms with Crippen molar-refractivity contribution in [1.29, 1.82) is 0 Å². The van der Waals surface area contributed by atoms with Gasteiger partial charge in [0, 0.05) is 0 Å². The maximum Gasteiger partial charge on any atom is 0.182 e. The normalized spacial score (nSPS) is 10.5. The van der Waals surface area contributed by atoms with Crippen molar-refractivity contribution in [2.75, 3.05) is 0 Å². The molecule has 0 saturated heterocycles. The van der Waals surface area contributed by atoms with Gasteiger partial charge >= 0.3 is 0 Å². The molecule has 0 amide bonds. The van der Waals surface area contributed by atoms with E-state index in [4.69, 9.17) is 0 Å². The molecular weight excluding hydrogens is 184 g/mol. The molecule has 0 radical (unpaired) electrons. The van der Waals surface area contributed by atoms with E-state index in [1.54, 1.807) is 12.1 Å². The van der Waals surface area contributed by atoms with Gasteiger partial charge in [0.25, 0.3) is 0 Å². The highest BCUT2D eigenvalue weighted by Crippen LogP contribution is 2.06. The zero-order chi connectivity index (χ0) is 9.73. The Morgan fingerprint density at radius 3 is 2.46 bits per heavy atom. The second-order valence-corrected chi connectivity index (χ2v) is 4.46. The lowest BCUT2D eigenvalue weighted by atomic mass is 10.2. The topological polar surface area (TPSA) is 34.1 Å². The van der Waals surface area contributed by atoms with Gasteiger partial charge in [0.05, 0.1) is 11.2 Å². The molecule has 2 nitrogen and oxygen atoms in total. The Morgan fingerprint density at radius 2 is 1.92 bits per heavy atom. The zero-order valence-electron chi connectivity index (χ0n) is 7.10. The van der Waals surface area contributed by atoms with Crippen LogP contribution >= 0.6 is 0 Å². The molecule has 0 spiro atoms. The van der Waals surface area contributed by atoms with Gasteiger partial charge in [-0.15, -0.1) is 5.73 Å². The first kappa shape index (κ1) is 9.78. The molecule has 0 aliphatic heterocycles. The van der Waals surface area contributed by atoms with Crippen LogP contribution in [-0.2, 0) is 15.6 Å². The van der Waals surface area contributed by atoms with Crippen molar-refractivity contribution < 1.29 is 8.42 Å². The molecule has 1 aromatic carbocycles. The monoisotopic (exact) mass is 194 g/mol. The van der Waals surface area contributed by atoms with Crippen LogP contribution in [0.1, 0.15) is 5.56 Å². The molecule has 0 aliphatic rings. The van der Waals surface area contributed by atoms with Crippen molar-refractivity contribution in [2.45, 2.75) is 5.75 Å². The Balaban J connectivity index is 2.88. The summed E-state index contributed by atoms with van der Waals surface area (Å²) in [5.74, 6) is 0.0103. The molecule has 0 N–H and O–H groups in total. The van der Waals surface area contributed by atoms with Crippen LogP contribution in [0, 0.1) is 0 Å². The van der Waals surface area contributed by atoms with Gasteiger partial charge in [0.15, 0.2) is 9.84 Å². The number of benzene rings is 1. The summed E-state index contributed by atoms with van der Waals surface area (Å²) in [6.45, 7) is 3.23. The summed E-state index contributed by atoms with van der Waals surface area (Å²) in [5, 5.41) is 1.00. The van der Waals surface area contributed by atoms with Crippen molar-refractivity contribution in [2.24, 2.45) is 0 Å². The standard InChI is InChI=1S/C10H10O2S/c1-2-8-13(11,12)9-10-6-4-3-5-7-10/h3-8H,1,9H2. The molecule has 0 aromatic heterocycles. The lowest BCUT2D eigenvalue weighted by Crippen LogP contribution is -1.98. The number of sulfone groups is 1. The Kier molecular flexibility index (Phi) is 3.07. The van der Waals surface area contributed by atoms with Crippen molar-refractivity contribution >= 4 is 9.84 Å². The van der Waals surface area contributed by atoms with E-state index in [0.29, 0.717) is 0 Å². The van der Waals surface area contributed by atoms with Gasteiger partial charge in [0.1, 0.15) is 0 Å². The summed E-state index contributed by atoms with van der Waals surface area (Å²) in [6.07, 6.45) is 0. The molecule has 0 aliphatic carbocycles. The Hall–Kier alpha value is -1.31. The third kappa shape index (κ3) is 3.28. The molecule has 0 unspecified atom stereocenters. The first-order valence-corrected chi connectivity index (χ1v) is 5.48. The summed E-state index contributed by atoms with van der Waals surface area (Å²) in [5.41, 5.74) is 3.04. The Bertz CT molecular complexity index is 411. The second-order valence-electron chi connectivity index (χ2n) is 2.61. The fourth-order valence-corrected chi connectivity index (χ4v) is 1.97. The van der Waals surface area contributed by atoms with Crippen LogP contribution in [0.4, 0.5) is 0 Å². The van der Waals surface area contributed by atoms with E-state index in [-0.39, 0.29) is 5.75 Å². The van der Waals surface area contributed by atoms with Crippen LogP contribution in [0.25, 0.3) is 0 Å². The van der Waals surface area contributed by atoms with Crippen LogP contribution in [0.3, 0.4) is 0 Å². The maximum absolute atomic E-state index is 11.2. The van der Waals surface area contributed by atoms with E-state index < -0.39 is 9.84 Å². The maximum atomic E-state index is 11.2. The molecule has 0 atom stereocenters. The average molecular weight is 194 g/mol. The molecular formula is C10H10O2S. The molecule has 0 heterocycles. The Morgan fingerprint density at radius 1 is 1.31 bits per heavy atom. The summed E-state index contributed by atoms with van der Waals surface area (Å²) in [7, 11) is -3.18. The molecule has 0 fully saturated rings. The van der Waals surface area contributed by atoms with E-state index in [0.717, 1.165) is 11.0 Å². The second kappa shape index (κ2) is 4.08. The van der Waals surface area contributed by atoms with Crippen molar-refractivity contribution in [3.8, 4) is 0 Å². The quantitative estimate of drug-likeness (QED) is 0.689. The van der Waals surface area contributed by atoms with Crippen molar-refractivity contribution in [1.82, 2.24) is 0 Å². The van der Waals surface area contributed by atoms with Gasteiger partial charge in [-0.05, 0) is 5.56 Å². The molecule has 1 aromatic rings. The van der Waals surface area contributed by atoms with Crippen LogP contribution in [0.2, 0.25) is 0 Å². The van der Waals surface area contributed by atoms with E-state index in [1.165, 1.54) is 0 Å². The highest BCUT2D eigenvalue weighted by molar-refractivity contribution is 7.93. The Labute approximate surface area is 78.1 Å². The lowest BCUT2D eigenvalue weighted by Gasteiger charge is -1.97. The molecule has 1 rings (SSSR count). The van der Waals surface area contributed by atoms with Gasteiger partial charge in [-0.3, -0.25) is 0 Å². The summed E-state index contributed by atoms with van der Waals surface area (Å²) >= 11 is 0. The molecule has 3 heteroatoms. The van der Waals surface area contributed by atoms with Gasteiger partial charge in [-0.25, -0.2) is 8.42 Å². The number of hydrogen-bond acceptors (Lipinski definition) is 2. The molecule has 0 bridgehead atoms. The first-order valence-electron chi connectivity index (χ1n) is 3.76. The van der Waals surface area contributed by atoms with Crippen LogP contribution < -0.4 is 0 Å². The van der Waals surface area contributed by atoms with Crippen LogP contribution in [0.5, 0.6) is 0 Å². The predicted octanol–water partition coefficient (Wildman–Crippen LogP) is 1.90. The minimum atomic E-state index is -3.18. The van der Waals surface area contributed by atoms with Gasteiger partial charge in [-0.1, -0.05) is 36.9 Å². The summed E-state index contributed by atoms with van der Waals surface area (Å²) in [6, 6.07) is 9.01. The van der Waals surface area contributed by atoms with E-state index >= 15 is 0 Å². The average Bonchev–Trinajstić information content (AvgIpc) is 2.04.